The summed E-state index contributed by atoms with van der Waals surface area (Å²) >= 11 is 0. The lowest BCUT2D eigenvalue weighted by Gasteiger charge is -2.16. The van der Waals surface area contributed by atoms with E-state index >= 15 is 0 Å². The van der Waals surface area contributed by atoms with Crippen molar-refractivity contribution < 1.29 is 9.90 Å². The Bertz CT molecular complexity index is 344. The molecule has 0 fully saturated rings. The fourth-order valence-corrected chi connectivity index (χ4v) is 2.08. The van der Waals surface area contributed by atoms with E-state index in [9.17, 15) is 9.90 Å². The minimum absolute atomic E-state index is 0.0983. The van der Waals surface area contributed by atoms with E-state index in [2.05, 4.69) is 0 Å². The third-order valence-corrected chi connectivity index (χ3v) is 2.89. The molecule has 1 aliphatic carbocycles. The van der Waals surface area contributed by atoms with E-state index in [4.69, 9.17) is 0 Å². The molecule has 2 atom stereocenters. The first-order valence-electron chi connectivity index (χ1n) is 4.49. The normalized spacial score (nSPS) is 25.6. The summed E-state index contributed by atoms with van der Waals surface area (Å²) in [7, 11) is 0. The summed E-state index contributed by atoms with van der Waals surface area (Å²) in [5.41, 5.74) is 2.32. The predicted octanol–water partition coefficient (Wildman–Crippen LogP) is 0.712. The Hall–Kier alpha value is -1.31. The number of carboxylic acids is 1. The van der Waals surface area contributed by atoms with Crippen molar-refractivity contribution >= 4 is 5.97 Å². The number of hydrogen-bond acceptors (Lipinski definition) is 2. The van der Waals surface area contributed by atoms with Crippen LogP contribution >= 0.6 is 0 Å². The largest absolute Gasteiger partial charge is 0.550 e. The van der Waals surface area contributed by atoms with Crippen LogP contribution in [0.4, 0.5) is 0 Å². The number of carbonyl (C=O) groups is 1. The number of aliphatic carboxylic acids is 1. The number of carbonyl (C=O) groups excluding carboxylic acids is 1. The molecule has 2 rings (SSSR count). The Morgan fingerprint density at radius 3 is 2.77 bits per heavy atom. The quantitative estimate of drug-likeness (QED) is 0.630. The predicted molar refractivity (Wildman–Crippen MR) is 47.1 cm³/mol. The van der Waals surface area contributed by atoms with Gasteiger partial charge < -0.3 is 9.90 Å². The summed E-state index contributed by atoms with van der Waals surface area (Å²) < 4.78 is 0. The highest BCUT2D eigenvalue weighted by Gasteiger charge is 2.29. The molecule has 0 aromatic heterocycles. The lowest BCUT2D eigenvalue weighted by molar-refractivity contribution is -0.311. The highest BCUT2D eigenvalue weighted by molar-refractivity contribution is 5.71. The van der Waals surface area contributed by atoms with Gasteiger partial charge in [0.2, 0.25) is 0 Å². The Morgan fingerprint density at radius 2 is 2.15 bits per heavy atom. The first-order valence-corrected chi connectivity index (χ1v) is 4.49. The Kier molecular flexibility index (Phi) is 1.83. The number of hydrogen-bond donors (Lipinski definition) is 0. The van der Waals surface area contributed by atoms with Crippen LogP contribution in [0.1, 0.15) is 24.0 Å². The molecule has 2 unspecified atom stereocenters. The van der Waals surface area contributed by atoms with Gasteiger partial charge in [0.1, 0.15) is 0 Å². The summed E-state index contributed by atoms with van der Waals surface area (Å²) in [5.74, 6) is -1.16. The SMILES string of the molecule is CC1c2ccccc2CC1C(=O)[O-]. The lowest BCUT2D eigenvalue weighted by Crippen LogP contribution is -2.33. The third-order valence-electron chi connectivity index (χ3n) is 2.89. The third kappa shape index (κ3) is 1.22. The van der Waals surface area contributed by atoms with E-state index in [0.717, 1.165) is 11.1 Å². The van der Waals surface area contributed by atoms with Crippen molar-refractivity contribution in [2.75, 3.05) is 0 Å². The van der Waals surface area contributed by atoms with Gasteiger partial charge in [-0.1, -0.05) is 31.2 Å². The summed E-state index contributed by atoms with van der Waals surface area (Å²) in [6, 6.07) is 7.90. The number of carboxylic acid groups (broad SMARTS) is 1. The molecule has 0 aliphatic heterocycles. The molecule has 13 heavy (non-hydrogen) atoms. The molecule has 1 aromatic carbocycles. The van der Waals surface area contributed by atoms with E-state index in [1.807, 2.05) is 31.2 Å². The van der Waals surface area contributed by atoms with Crippen molar-refractivity contribution in [3.8, 4) is 0 Å². The molecule has 68 valence electrons. The molecule has 0 saturated carbocycles. The molecule has 0 spiro atoms. The molecular weight excluding hydrogens is 164 g/mol. The van der Waals surface area contributed by atoms with Crippen LogP contribution in [0.25, 0.3) is 0 Å². The molecule has 2 heteroatoms. The molecule has 0 N–H and O–H groups in total. The van der Waals surface area contributed by atoms with Crippen molar-refractivity contribution in [1.29, 1.82) is 0 Å². The van der Waals surface area contributed by atoms with Crippen LogP contribution in [0, 0.1) is 5.92 Å². The van der Waals surface area contributed by atoms with Gasteiger partial charge in [0, 0.05) is 11.9 Å². The van der Waals surface area contributed by atoms with Gasteiger partial charge in [0.05, 0.1) is 0 Å². The van der Waals surface area contributed by atoms with E-state index in [0.29, 0.717) is 6.42 Å². The van der Waals surface area contributed by atoms with Gasteiger partial charge in [-0.2, -0.15) is 0 Å². The van der Waals surface area contributed by atoms with Gasteiger partial charge in [0.25, 0.3) is 0 Å². The van der Waals surface area contributed by atoms with Crippen LogP contribution in [0.2, 0.25) is 0 Å². The highest BCUT2D eigenvalue weighted by Crippen LogP contribution is 2.36. The second-order valence-electron chi connectivity index (χ2n) is 3.62. The molecule has 2 nitrogen and oxygen atoms in total. The monoisotopic (exact) mass is 175 g/mol. The van der Waals surface area contributed by atoms with Crippen LogP contribution in [0.3, 0.4) is 0 Å². The smallest absolute Gasteiger partial charge is 0.0454 e. The van der Waals surface area contributed by atoms with Gasteiger partial charge >= 0.3 is 0 Å². The van der Waals surface area contributed by atoms with Crippen molar-refractivity contribution in [3.63, 3.8) is 0 Å². The first-order chi connectivity index (χ1) is 6.20. The van der Waals surface area contributed by atoms with Crippen LogP contribution in [0.5, 0.6) is 0 Å². The fourth-order valence-electron chi connectivity index (χ4n) is 2.08. The van der Waals surface area contributed by atoms with Crippen molar-refractivity contribution in [3.05, 3.63) is 35.4 Å². The summed E-state index contributed by atoms with van der Waals surface area (Å²) in [4.78, 5) is 10.8. The van der Waals surface area contributed by atoms with E-state index in [1.165, 1.54) is 0 Å². The van der Waals surface area contributed by atoms with Gasteiger partial charge in [-0.25, -0.2) is 0 Å². The fraction of sp³-hybridized carbons (Fsp3) is 0.364. The van der Waals surface area contributed by atoms with Crippen molar-refractivity contribution in [2.45, 2.75) is 19.3 Å². The molecule has 1 aliphatic rings. The highest BCUT2D eigenvalue weighted by atomic mass is 16.4. The standard InChI is InChI=1S/C11H12O2/c1-7-9-5-3-2-4-8(9)6-10(7)11(12)13/h2-5,7,10H,6H2,1H3,(H,12,13)/p-1. The maximum atomic E-state index is 10.8. The Morgan fingerprint density at radius 1 is 1.46 bits per heavy atom. The zero-order valence-corrected chi connectivity index (χ0v) is 7.49. The molecular formula is C11H11O2-. The average molecular weight is 175 g/mol. The van der Waals surface area contributed by atoms with E-state index in [-0.39, 0.29) is 11.8 Å². The van der Waals surface area contributed by atoms with Crippen LogP contribution in [-0.4, -0.2) is 5.97 Å². The maximum absolute atomic E-state index is 10.8. The second-order valence-corrected chi connectivity index (χ2v) is 3.62. The van der Waals surface area contributed by atoms with Crippen LogP contribution in [-0.2, 0) is 11.2 Å². The van der Waals surface area contributed by atoms with Gasteiger partial charge in [0.15, 0.2) is 0 Å². The first kappa shape index (κ1) is 8.30. The molecule has 1 aromatic rings. The topological polar surface area (TPSA) is 40.1 Å². The van der Waals surface area contributed by atoms with Crippen molar-refractivity contribution in [1.82, 2.24) is 0 Å². The summed E-state index contributed by atoms with van der Waals surface area (Å²) in [6.07, 6.45) is 0.625. The Labute approximate surface area is 77.2 Å². The Balaban J connectivity index is 2.38. The summed E-state index contributed by atoms with van der Waals surface area (Å²) in [5, 5.41) is 10.8. The van der Waals surface area contributed by atoms with Crippen LogP contribution in [0.15, 0.2) is 24.3 Å². The van der Waals surface area contributed by atoms with Gasteiger partial charge in [-0.15, -0.1) is 0 Å². The molecule has 0 heterocycles. The molecule has 0 saturated heterocycles. The van der Waals surface area contributed by atoms with Crippen LogP contribution < -0.4 is 5.11 Å². The minimum atomic E-state index is -0.927. The molecule has 0 bridgehead atoms. The number of benzene rings is 1. The molecule has 0 radical (unpaired) electrons. The maximum Gasteiger partial charge on any atom is 0.0454 e. The van der Waals surface area contributed by atoms with Gasteiger partial charge in [-0.3, -0.25) is 0 Å². The van der Waals surface area contributed by atoms with Crippen molar-refractivity contribution in [2.24, 2.45) is 5.92 Å². The average Bonchev–Trinajstić information content (AvgIpc) is 2.45. The van der Waals surface area contributed by atoms with E-state index in [1.54, 1.807) is 0 Å². The molecule has 0 amide bonds. The van der Waals surface area contributed by atoms with Gasteiger partial charge in [-0.05, 0) is 23.5 Å². The minimum Gasteiger partial charge on any atom is -0.550 e. The second kappa shape index (κ2) is 2.87. The van der Waals surface area contributed by atoms with E-state index < -0.39 is 5.97 Å². The zero-order valence-electron chi connectivity index (χ0n) is 7.49. The summed E-state index contributed by atoms with van der Waals surface area (Å²) in [6.45, 7) is 1.95. The number of fused-ring (bicyclic) bond motifs is 1. The number of rotatable bonds is 1. The lowest BCUT2D eigenvalue weighted by atomic mass is 9.95. The zero-order chi connectivity index (χ0) is 9.42.